The van der Waals surface area contributed by atoms with Crippen LogP contribution in [0.1, 0.15) is 230 Å². The van der Waals surface area contributed by atoms with Crippen LogP contribution < -0.4 is 5.46 Å². The van der Waals surface area contributed by atoms with Gasteiger partial charge in [0.15, 0.2) is 0 Å². The fourth-order valence-electron chi connectivity index (χ4n) is 6.98. The minimum Gasteiger partial charge on any atom is -0.423 e. The third kappa shape index (κ3) is 28.0. The summed E-state index contributed by atoms with van der Waals surface area (Å²) in [5, 5.41) is 19.7. The monoisotopic (exact) mass is 627 g/mol. The lowest BCUT2D eigenvalue weighted by molar-refractivity contribution is 0.425. The second-order valence-electron chi connectivity index (χ2n) is 14.6. The molecule has 0 aliphatic rings. The first-order valence-electron chi connectivity index (χ1n) is 20.7. The lowest BCUT2D eigenvalue weighted by Crippen LogP contribution is -2.30. The summed E-state index contributed by atoms with van der Waals surface area (Å²) in [6, 6.07) is 6.38. The zero-order valence-corrected chi connectivity index (χ0v) is 30.7. The molecule has 0 aliphatic heterocycles. The SMILES string of the molecule is CCCCCCCCCCCCCCCCCCc1cc(CCCCCCCCCCCCCCCCCC)cc(B(O)O)c1. The van der Waals surface area contributed by atoms with Gasteiger partial charge in [-0.2, -0.15) is 0 Å². The summed E-state index contributed by atoms with van der Waals surface area (Å²) >= 11 is 0. The quantitative estimate of drug-likeness (QED) is 0.0581. The Morgan fingerprint density at radius 1 is 0.333 bits per heavy atom. The maximum atomic E-state index is 9.85. The fraction of sp³-hybridized carbons (Fsp3) is 0.857. The average Bonchev–Trinajstić information content (AvgIpc) is 3.04. The van der Waals surface area contributed by atoms with E-state index in [0.29, 0.717) is 5.46 Å². The summed E-state index contributed by atoms with van der Waals surface area (Å²) in [5.74, 6) is 0. The molecule has 3 heteroatoms. The molecule has 262 valence electrons. The molecule has 2 nitrogen and oxygen atoms in total. The maximum Gasteiger partial charge on any atom is 0.488 e. The Labute approximate surface area is 283 Å². The van der Waals surface area contributed by atoms with Crippen LogP contribution in [0.5, 0.6) is 0 Å². The number of unbranched alkanes of at least 4 members (excludes halogenated alkanes) is 30. The molecule has 0 atom stereocenters. The zero-order chi connectivity index (χ0) is 32.5. The van der Waals surface area contributed by atoms with E-state index in [1.807, 2.05) is 12.1 Å². The molecule has 0 heterocycles. The van der Waals surface area contributed by atoms with Crippen LogP contribution in [0.15, 0.2) is 18.2 Å². The Bertz CT molecular complexity index is 679. The van der Waals surface area contributed by atoms with Crippen LogP contribution in [-0.2, 0) is 12.8 Å². The average molecular weight is 627 g/mol. The molecule has 0 fully saturated rings. The predicted molar refractivity (Wildman–Crippen MR) is 203 cm³/mol. The zero-order valence-electron chi connectivity index (χ0n) is 30.7. The van der Waals surface area contributed by atoms with Crippen molar-refractivity contribution in [2.24, 2.45) is 0 Å². The summed E-state index contributed by atoms with van der Waals surface area (Å²) in [6.07, 6.45) is 46.8. The lowest BCUT2D eigenvalue weighted by Gasteiger charge is -2.10. The maximum absolute atomic E-state index is 9.85. The van der Waals surface area contributed by atoms with Crippen molar-refractivity contribution in [3.05, 3.63) is 29.3 Å². The van der Waals surface area contributed by atoms with E-state index in [2.05, 4.69) is 19.9 Å². The van der Waals surface area contributed by atoms with E-state index in [-0.39, 0.29) is 0 Å². The highest BCUT2D eigenvalue weighted by molar-refractivity contribution is 6.58. The van der Waals surface area contributed by atoms with Crippen molar-refractivity contribution in [2.75, 3.05) is 0 Å². The lowest BCUT2D eigenvalue weighted by atomic mass is 9.78. The van der Waals surface area contributed by atoms with E-state index in [0.717, 1.165) is 12.8 Å². The molecule has 45 heavy (non-hydrogen) atoms. The van der Waals surface area contributed by atoms with Crippen LogP contribution in [0.2, 0.25) is 0 Å². The number of benzene rings is 1. The molecule has 2 N–H and O–H groups in total. The first-order chi connectivity index (χ1) is 22.2. The number of rotatable bonds is 35. The van der Waals surface area contributed by atoms with E-state index in [1.54, 1.807) is 0 Å². The van der Waals surface area contributed by atoms with Crippen LogP contribution in [-0.4, -0.2) is 17.2 Å². The van der Waals surface area contributed by atoms with Crippen molar-refractivity contribution in [1.29, 1.82) is 0 Å². The van der Waals surface area contributed by atoms with Gasteiger partial charge in [0.1, 0.15) is 0 Å². The normalized spacial score (nSPS) is 11.5. The molecule has 0 bridgehead atoms. The van der Waals surface area contributed by atoms with Gasteiger partial charge in [-0.25, -0.2) is 0 Å². The van der Waals surface area contributed by atoms with Crippen LogP contribution in [0.4, 0.5) is 0 Å². The van der Waals surface area contributed by atoms with E-state index in [9.17, 15) is 10.0 Å². The highest BCUT2D eigenvalue weighted by Gasteiger charge is 2.13. The fourth-order valence-corrected chi connectivity index (χ4v) is 6.98. The number of hydrogen-bond acceptors (Lipinski definition) is 2. The van der Waals surface area contributed by atoms with Gasteiger partial charge in [-0.1, -0.05) is 225 Å². The summed E-state index contributed by atoms with van der Waals surface area (Å²) in [6.45, 7) is 4.59. The van der Waals surface area contributed by atoms with Gasteiger partial charge in [0, 0.05) is 0 Å². The first kappa shape index (κ1) is 42.2. The molecule has 0 aliphatic carbocycles. The summed E-state index contributed by atoms with van der Waals surface area (Å²) in [7, 11) is -1.36. The number of hydrogen-bond donors (Lipinski definition) is 2. The van der Waals surface area contributed by atoms with Crippen LogP contribution in [0, 0.1) is 0 Å². The predicted octanol–water partition coefficient (Wildman–Crippen LogP) is 13.0. The molecular formula is C42H79BO2. The van der Waals surface area contributed by atoms with Gasteiger partial charge in [0.2, 0.25) is 0 Å². The minimum atomic E-state index is -1.36. The van der Waals surface area contributed by atoms with Gasteiger partial charge in [-0.05, 0) is 42.3 Å². The van der Waals surface area contributed by atoms with E-state index < -0.39 is 7.12 Å². The Kier molecular flexibility index (Phi) is 31.1. The topological polar surface area (TPSA) is 40.5 Å². The van der Waals surface area contributed by atoms with Crippen molar-refractivity contribution >= 4 is 12.6 Å². The summed E-state index contributed by atoms with van der Waals surface area (Å²) in [4.78, 5) is 0. The Morgan fingerprint density at radius 2 is 0.556 bits per heavy atom. The largest absolute Gasteiger partial charge is 0.488 e. The third-order valence-corrected chi connectivity index (χ3v) is 10.0. The van der Waals surface area contributed by atoms with Gasteiger partial charge in [0.25, 0.3) is 0 Å². The standard InChI is InChI=1S/C42H79BO2/c1-3-5-7-9-11-13-15-17-19-21-23-25-27-29-31-33-35-40-37-41(39-42(38-40)43(44)45)36-34-32-30-28-26-24-22-20-18-16-14-12-10-8-6-4-2/h37-39,44-45H,3-36H2,1-2H3. The van der Waals surface area contributed by atoms with Crippen molar-refractivity contribution in [1.82, 2.24) is 0 Å². The van der Waals surface area contributed by atoms with Crippen LogP contribution >= 0.6 is 0 Å². The molecule has 0 radical (unpaired) electrons. The Hall–Kier alpha value is -0.795. The highest BCUT2D eigenvalue weighted by Crippen LogP contribution is 2.17. The molecule has 1 aromatic carbocycles. The Balaban J connectivity index is 2.02. The molecule has 1 aromatic rings. The second-order valence-corrected chi connectivity index (χ2v) is 14.6. The molecule has 0 saturated carbocycles. The molecule has 0 amide bonds. The van der Waals surface area contributed by atoms with Crippen LogP contribution in [0.3, 0.4) is 0 Å². The number of aryl methyl sites for hydroxylation is 2. The van der Waals surface area contributed by atoms with Gasteiger partial charge < -0.3 is 10.0 Å². The summed E-state index contributed by atoms with van der Waals surface area (Å²) in [5.41, 5.74) is 3.25. The molecular weight excluding hydrogens is 547 g/mol. The molecule has 0 spiro atoms. The van der Waals surface area contributed by atoms with Crippen molar-refractivity contribution in [3.8, 4) is 0 Å². The molecule has 0 unspecified atom stereocenters. The smallest absolute Gasteiger partial charge is 0.423 e. The van der Waals surface area contributed by atoms with Crippen molar-refractivity contribution in [2.45, 2.75) is 232 Å². The first-order valence-corrected chi connectivity index (χ1v) is 20.7. The van der Waals surface area contributed by atoms with Crippen molar-refractivity contribution < 1.29 is 10.0 Å². The Morgan fingerprint density at radius 3 is 0.778 bits per heavy atom. The van der Waals surface area contributed by atoms with Gasteiger partial charge in [-0.3, -0.25) is 0 Å². The molecule has 1 rings (SSSR count). The summed E-state index contributed by atoms with van der Waals surface area (Å²) < 4.78 is 0. The third-order valence-electron chi connectivity index (χ3n) is 10.0. The van der Waals surface area contributed by atoms with Crippen LogP contribution in [0.25, 0.3) is 0 Å². The highest BCUT2D eigenvalue weighted by atomic mass is 16.4. The van der Waals surface area contributed by atoms with Gasteiger partial charge in [0.05, 0.1) is 0 Å². The van der Waals surface area contributed by atoms with E-state index in [1.165, 1.54) is 217 Å². The second kappa shape index (κ2) is 33.1. The van der Waals surface area contributed by atoms with E-state index in [4.69, 9.17) is 0 Å². The van der Waals surface area contributed by atoms with Gasteiger partial charge in [-0.15, -0.1) is 0 Å². The van der Waals surface area contributed by atoms with E-state index >= 15 is 0 Å². The molecule has 0 aromatic heterocycles. The van der Waals surface area contributed by atoms with Gasteiger partial charge >= 0.3 is 7.12 Å². The minimum absolute atomic E-state index is 0.676. The van der Waals surface area contributed by atoms with Crippen molar-refractivity contribution in [3.63, 3.8) is 0 Å². The molecule has 0 saturated heterocycles.